The quantitative estimate of drug-likeness (QED) is 0.855. The summed E-state index contributed by atoms with van der Waals surface area (Å²) in [6, 6.07) is 7.54. The van der Waals surface area contributed by atoms with E-state index in [1.807, 2.05) is 11.0 Å². The summed E-state index contributed by atoms with van der Waals surface area (Å²) in [5, 5.41) is 1.51. The molecule has 5 heteroatoms. The van der Waals surface area contributed by atoms with E-state index in [2.05, 4.69) is 25.9 Å². The Bertz CT molecular complexity index is 680. The van der Waals surface area contributed by atoms with Crippen LogP contribution < -0.4 is 0 Å². The van der Waals surface area contributed by atoms with Crippen LogP contribution in [-0.4, -0.2) is 48.9 Å². The first kappa shape index (κ1) is 14.4. The SMILES string of the molecule is C[C@H]1CN(C(=O)c2cc3cc(Cl)ccc3o2)C[C@@H]1N(C)C. The first-order valence-electron chi connectivity index (χ1n) is 7.10. The molecule has 112 valence electrons. The summed E-state index contributed by atoms with van der Waals surface area (Å²) >= 11 is 5.97. The Morgan fingerprint density at radius 2 is 2.10 bits per heavy atom. The molecular weight excluding hydrogens is 288 g/mol. The van der Waals surface area contributed by atoms with Gasteiger partial charge in [-0.1, -0.05) is 18.5 Å². The number of hydrogen-bond acceptors (Lipinski definition) is 3. The van der Waals surface area contributed by atoms with Gasteiger partial charge in [-0.2, -0.15) is 0 Å². The molecule has 0 bridgehead atoms. The van der Waals surface area contributed by atoms with Crippen molar-refractivity contribution in [3.8, 4) is 0 Å². The highest BCUT2D eigenvalue weighted by molar-refractivity contribution is 6.31. The van der Waals surface area contributed by atoms with Crippen LogP contribution >= 0.6 is 11.6 Å². The maximum atomic E-state index is 12.6. The molecule has 4 nitrogen and oxygen atoms in total. The average molecular weight is 307 g/mol. The standard InChI is InChI=1S/C16H19ClN2O2/c1-10-8-19(9-13(10)18(2)3)16(20)15-7-11-6-12(17)4-5-14(11)21-15/h4-7,10,13H,8-9H2,1-3H3/t10-,13-/m0/s1. The highest BCUT2D eigenvalue weighted by Crippen LogP contribution is 2.26. The van der Waals surface area contributed by atoms with Crippen molar-refractivity contribution in [2.75, 3.05) is 27.2 Å². The Morgan fingerprint density at radius 1 is 1.33 bits per heavy atom. The van der Waals surface area contributed by atoms with Crippen LogP contribution in [0.25, 0.3) is 11.0 Å². The molecule has 1 aliphatic rings. The Hall–Kier alpha value is -1.52. The maximum absolute atomic E-state index is 12.6. The summed E-state index contributed by atoms with van der Waals surface area (Å²) in [7, 11) is 4.11. The number of hydrogen-bond donors (Lipinski definition) is 0. The molecule has 21 heavy (non-hydrogen) atoms. The third kappa shape index (κ3) is 2.65. The number of rotatable bonds is 2. The number of nitrogens with zero attached hydrogens (tertiary/aromatic N) is 2. The lowest BCUT2D eigenvalue weighted by molar-refractivity contribution is 0.0752. The minimum atomic E-state index is -0.0430. The van der Waals surface area contributed by atoms with Crippen LogP contribution in [0.5, 0.6) is 0 Å². The fourth-order valence-corrected chi connectivity index (χ4v) is 3.24. The van der Waals surface area contributed by atoms with Crippen LogP contribution in [0, 0.1) is 5.92 Å². The molecule has 2 aromatic rings. The molecule has 2 atom stereocenters. The number of fused-ring (bicyclic) bond motifs is 1. The second-order valence-electron chi connectivity index (χ2n) is 6.01. The molecule has 0 saturated carbocycles. The van der Waals surface area contributed by atoms with Crippen molar-refractivity contribution in [1.82, 2.24) is 9.80 Å². The molecule has 0 aliphatic carbocycles. The lowest BCUT2D eigenvalue weighted by Gasteiger charge is -2.22. The molecular formula is C16H19ClN2O2. The maximum Gasteiger partial charge on any atom is 0.289 e. The van der Waals surface area contributed by atoms with Crippen LogP contribution in [0.4, 0.5) is 0 Å². The summed E-state index contributed by atoms with van der Waals surface area (Å²) in [5.74, 6) is 0.806. The molecule has 3 rings (SSSR count). The molecule has 1 amide bonds. The number of likely N-dealkylation sites (N-methyl/N-ethyl adjacent to an activating group) is 1. The van der Waals surface area contributed by atoms with Crippen LogP contribution in [0.3, 0.4) is 0 Å². The first-order chi connectivity index (χ1) is 9.95. The highest BCUT2D eigenvalue weighted by Gasteiger charge is 2.35. The summed E-state index contributed by atoms with van der Waals surface area (Å²) in [4.78, 5) is 16.6. The Morgan fingerprint density at radius 3 is 2.76 bits per heavy atom. The normalized spacial score (nSPS) is 22.4. The average Bonchev–Trinajstić information content (AvgIpc) is 3.00. The summed E-state index contributed by atoms with van der Waals surface area (Å²) in [6.45, 7) is 3.68. The van der Waals surface area contributed by atoms with E-state index in [1.54, 1.807) is 18.2 Å². The van der Waals surface area contributed by atoms with Crippen LogP contribution in [-0.2, 0) is 0 Å². The van der Waals surface area contributed by atoms with Crippen LogP contribution in [0.2, 0.25) is 5.02 Å². The Labute approximate surface area is 129 Å². The Balaban J connectivity index is 1.84. The fourth-order valence-electron chi connectivity index (χ4n) is 3.06. The summed E-state index contributed by atoms with van der Waals surface area (Å²) < 4.78 is 5.66. The second-order valence-corrected chi connectivity index (χ2v) is 6.45. The molecule has 1 saturated heterocycles. The number of carbonyl (C=O) groups is 1. The van der Waals surface area contributed by atoms with Crippen molar-refractivity contribution < 1.29 is 9.21 Å². The molecule has 1 aliphatic heterocycles. The van der Waals surface area contributed by atoms with Gasteiger partial charge >= 0.3 is 0 Å². The lowest BCUT2D eigenvalue weighted by Crippen LogP contribution is -2.35. The number of benzene rings is 1. The van der Waals surface area contributed by atoms with Crippen LogP contribution in [0.1, 0.15) is 17.5 Å². The minimum Gasteiger partial charge on any atom is -0.451 e. The van der Waals surface area contributed by atoms with Crippen molar-refractivity contribution in [3.05, 3.63) is 35.0 Å². The smallest absolute Gasteiger partial charge is 0.289 e. The molecule has 0 unspecified atom stereocenters. The molecule has 0 N–H and O–H groups in total. The first-order valence-corrected chi connectivity index (χ1v) is 7.48. The van der Waals surface area contributed by atoms with E-state index >= 15 is 0 Å². The summed E-state index contributed by atoms with van der Waals surface area (Å²) in [6.07, 6.45) is 0. The van der Waals surface area contributed by atoms with Gasteiger partial charge in [-0.3, -0.25) is 4.79 Å². The zero-order chi connectivity index (χ0) is 15.1. The third-order valence-electron chi connectivity index (χ3n) is 4.21. The number of likely N-dealkylation sites (tertiary alicyclic amines) is 1. The molecule has 2 heterocycles. The van der Waals surface area contributed by atoms with Crippen molar-refractivity contribution >= 4 is 28.5 Å². The van der Waals surface area contributed by atoms with Gasteiger partial charge in [-0.15, -0.1) is 0 Å². The van der Waals surface area contributed by atoms with E-state index in [4.69, 9.17) is 16.0 Å². The van der Waals surface area contributed by atoms with E-state index in [1.165, 1.54) is 0 Å². The van der Waals surface area contributed by atoms with Gasteiger partial charge in [0, 0.05) is 29.5 Å². The highest BCUT2D eigenvalue weighted by atomic mass is 35.5. The second kappa shape index (κ2) is 5.35. The summed E-state index contributed by atoms with van der Waals surface area (Å²) in [5.41, 5.74) is 0.694. The topological polar surface area (TPSA) is 36.7 Å². The van der Waals surface area contributed by atoms with Gasteiger partial charge in [0.2, 0.25) is 0 Å². The molecule has 1 aromatic heterocycles. The van der Waals surface area contributed by atoms with Gasteiger partial charge < -0.3 is 14.2 Å². The van der Waals surface area contributed by atoms with Gasteiger partial charge in [0.1, 0.15) is 5.58 Å². The number of amides is 1. The number of carbonyl (C=O) groups excluding carboxylic acids is 1. The fraction of sp³-hybridized carbons (Fsp3) is 0.438. The lowest BCUT2D eigenvalue weighted by atomic mass is 10.1. The monoisotopic (exact) mass is 306 g/mol. The third-order valence-corrected chi connectivity index (χ3v) is 4.45. The van der Waals surface area contributed by atoms with Gasteiger partial charge in [0.25, 0.3) is 5.91 Å². The molecule has 1 fully saturated rings. The predicted molar refractivity (Wildman–Crippen MR) is 83.8 cm³/mol. The van der Waals surface area contributed by atoms with Crippen molar-refractivity contribution in [1.29, 1.82) is 0 Å². The molecule has 1 aromatic carbocycles. The molecule has 0 spiro atoms. The Kier molecular flexibility index (Phi) is 3.68. The van der Waals surface area contributed by atoms with Gasteiger partial charge in [-0.05, 0) is 44.3 Å². The van der Waals surface area contributed by atoms with E-state index in [9.17, 15) is 4.79 Å². The zero-order valence-corrected chi connectivity index (χ0v) is 13.2. The van der Waals surface area contributed by atoms with Crippen molar-refractivity contribution in [2.24, 2.45) is 5.92 Å². The zero-order valence-electron chi connectivity index (χ0n) is 12.5. The van der Waals surface area contributed by atoms with Gasteiger partial charge in [0.05, 0.1) is 0 Å². The van der Waals surface area contributed by atoms with Crippen molar-refractivity contribution in [2.45, 2.75) is 13.0 Å². The van der Waals surface area contributed by atoms with E-state index in [-0.39, 0.29) is 5.91 Å². The van der Waals surface area contributed by atoms with Crippen molar-refractivity contribution in [3.63, 3.8) is 0 Å². The predicted octanol–water partition coefficient (Wildman–Crippen LogP) is 3.11. The van der Waals surface area contributed by atoms with E-state index in [0.717, 1.165) is 18.5 Å². The van der Waals surface area contributed by atoms with E-state index < -0.39 is 0 Å². The van der Waals surface area contributed by atoms with Gasteiger partial charge in [0.15, 0.2) is 5.76 Å². The van der Waals surface area contributed by atoms with Gasteiger partial charge in [-0.25, -0.2) is 0 Å². The minimum absolute atomic E-state index is 0.0430. The van der Waals surface area contributed by atoms with Crippen LogP contribution in [0.15, 0.2) is 28.7 Å². The number of furan rings is 1. The largest absolute Gasteiger partial charge is 0.451 e. The number of halogens is 1. The molecule has 0 radical (unpaired) electrons. The van der Waals surface area contributed by atoms with E-state index in [0.29, 0.717) is 28.3 Å².